The fourth-order valence-corrected chi connectivity index (χ4v) is 3.11. The zero-order valence-corrected chi connectivity index (χ0v) is 16.0. The Hall–Kier alpha value is -2.41. The van der Waals surface area contributed by atoms with Gasteiger partial charge in [0.2, 0.25) is 6.41 Å². The monoisotopic (exact) mass is 377 g/mol. The predicted molar refractivity (Wildman–Crippen MR) is 101 cm³/mol. The molecule has 2 aliphatic heterocycles. The highest BCUT2D eigenvalue weighted by molar-refractivity contribution is 5.94. The van der Waals surface area contributed by atoms with Crippen LogP contribution in [0.2, 0.25) is 0 Å². The van der Waals surface area contributed by atoms with Crippen molar-refractivity contribution < 1.29 is 18.7 Å². The van der Waals surface area contributed by atoms with Crippen LogP contribution in [0.4, 0.5) is 4.39 Å². The number of nitrogens with one attached hydrogen (secondary N) is 2. The molecule has 2 amide bonds. The van der Waals surface area contributed by atoms with Crippen LogP contribution in [-0.2, 0) is 14.3 Å². The summed E-state index contributed by atoms with van der Waals surface area (Å²) in [7, 11) is 1.83. The van der Waals surface area contributed by atoms with E-state index in [0.29, 0.717) is 37.4 Å². The minimum atomic E-state index is -0.171. The maximum Gasteiger partial charge on any atom is 0.253 e. The van der Waals surface area contributed by atoms with Gasteiger partial charge < -0.3 is 20.3 Å². The average Bonchev–Trinajstić information content (AvgIpc) is 2.71. The fourth-order valence-electron chi connectivity index (χ4n) is 3.11. The lowest BCUT2D eigenvalue weighted by Crippen LogP contribution is -2.44. The van der Waals surface area contributed by atoms with Crippen LogP contribution in [0.1, 0.15) is 31.2 Å². The molecule has 3 rings (SSSR count). The van der Waals surface area contributed by atoms with E-state index < -0.39 is 0 Å². The molecule has 148 valence electrons. The first kappa shape index (κ1) is 20.9. The molecular weight excluding hydrogens is 349 g/mol. The molecule has 2 heterocycles. The van der Waals surface area contributed by atoms with Crippen LogP contribution >= 0.6 is 0 Å². The number of ether oxygens (including phenoxy) is 1. The quantitative estimate of drug-likeness (QED) is 0.789. The molecule has 6 nitrogen and oxygen atoms in total. The number of carbonyl (C=O) groups excluding carboxylic acids is 2. The Morgan fingerprint density at radius 3 is 2.56 bits per heavy atom. The van der Waals surface area contributed by atoms with Crippen molar-refractivity contribution in [3.63, 3.8) is 0 Å². The first-order chi connectivity index (χ1) is 13.0. The number of likely N-dealkylation sites (N-methyl/N-ethyl adjacent to an activating group) is 1. The van der Waals surface area contributed by atoms with Gasteiger partial charge in [0.1, 0.15) is 11.6 Å². The van der Waals surface area contributed by atoms with Crippen LogP contribution in [0.25, 0.3) is 0 Å². The number of carbonyl (C=O) groups is 2. The summed E-state index contributed by atoms with van der Waals surface area (Å²) in [6.07, 6.45) is 3.97. The summed E-state index contributed by atoms with van der Waals surface area (Å²) in [6, 6.07) is 6.63. The van der Waals surface area contributed by atoms with Crippen LogP contribution < -0.4 is 10.6 Å². The second-order valence-corrected chi connectivity index (χ2v) is 6.70. The number of hydrogen-bond acceptors (Lipinski definition) is 4. The first-order valence-electron chi connectivity index (χ1n) is 9.27. The Morgan fingerprint density at radius 2 is 1.96 bits per heavy atom. The van der Waals surface area contributed by atoms with Crippen LogP contribution in [0.15, 0.2) is 35.7 Å². The van der Waals surface area contributed by atoms with Gasteiger partial charge in [-0.05, 0) is 44.7 Å². The minimum Gasteiger partial charge on any atom is -0.381 e. The summed E-state index contributed by atoms with van der Waals surface area (Å²) in [5.74, 6) is 0.393. The van der Waals surface area contributed by atoms with Gasteiger partial charge in [0.25, 0.3) is 5.91 Å². The van der Waals surface area contributed by atoms with Crippen molar-refractivity contribution in [1.82, 2.24) is 15.5 Å². The van der Waals surface area contributed by atoms with Crippen LogP contribution in [0.5, 0.6) is 0 Å². The molecule has 1 fully saturated rings. The van der Waals surface area contributed by atoms with Crippen molar-refractivity contribution in [3.05, 3.63) is 47.0 Å². The Balaban J connectivity index is 0.000000273. The van der Waals surface area contributed by atoms with Crippen molar-refractivity contribution in [2.75, 3.05) is 26.8 Å². The Bertz CT molecular complexity index is 634. The van der Waals surface area contributed by atoms with Crippen molar-refractivity contribution in [3.8, 4) is 0 Å². The van der Waals surface area contributed by atoms with Gasteiger partial charge in [-0.25, -0.2) is 4.39 Å². The molecule has 7 heteroatoms. The van der Waals surface area contributed by atoms with Gasteiger partial charge in [-0.2, -0.15) is 0 Å². The Morgan fingerprint density at radius 1 is 1.30 bits per heavy atom. The molecule has 1 saturated heterocycles. The van der Waals surface area contributed by atoms with E-state index in [1.54, 1.807) is 17.0 Å². The maximum absolute atomic E-state index is 12.5. The summed E-state index contributed by atoms with van der Waals surface area (Å²) < 4.78 is 17.4. The molecular formula is C20H28FN3O3. The third-order valence-electron chi connectivity index (χ3n) is 4.74. The van der Waals surface area contributed by atoms with Crippen molar-refractivity contribution in [2.24, 2.45) is 0 Å². The summed E-state index contributed by atoms with van der Waals surface area (Å²) in [6.45, 7) is 4.13. The van der Waals surface area contributed by atoms with E-state index in [-0.39, 0.29) is 17.8 Å². The third kappa shape index (κ3) is 6.36. The molecule has 0 aliphatic carbocycles. The second kappa shape index (κ2) is 10.7. The van der Waals surface area contributed by atoms with Gasteiger partial charge in [-0.3, -0.25) is 9.59 Å². The Labute approximate surface area is 159 Å². The fraction of sp³-hybridized carbons (Fsp3) is 0.500. The van der Waals surface area contributed by atoms with Gasteiger partial charge in [-0.1, -0.05) is 17.7 Å². The molecule has 1 aromatic rings. The number of nitrogens with zero attached hydrogens (tertiary/aromatic N) is 1. The molecule has 2 N–H and O–H groups in total. The van der Waals surface area contributed by atoms with Crippen molar-refractivity contribution in [1.29, 1.82) is 0 Å². The molecule has 0 bridgehead atoms. The summed E-state index contributed by atoms with van der Waals surface area (Å²) in [5.41, 5.74) is 1.76. The first-order valence-corrected chi connectivity index (χ1v) is 9.27. The SMILES string of the molecule is CN(C(=O)C1=C(NC=O)NCCC1)C1CCOCC1.Cc1ccc(F)cc1. The van der Waals surface area contributed by atoms with Gasteiger partial charge >= 0.3 is 0 Å². The van der Waals surface area contributed by atoms with E-state index >= 15 is 0 Å². The van der Waals surface area contributed by atoms with Crippen LogP contribution in [-0.4, -0.2) is 50.1 Å². The molecule has 0 unspecified atom stereocenters. The van der Waals surface area contributed by atoms with E-state index in [1.165, 1.54) is 12.1 Å². The van der Waals surface area contributed by atoms with E-state index in [2.05, 4.69) is 10.6 Å². The highest BCUT2D eigenvalue weighted by Crippen LogP contribution is 2.20. The van der Waals surface area contributed by atoms with E-state index in [1.807, 2.05) is 14.0 Å². The van der Waals surface area contributed by atoms with E-state index in [4.69, 9.17) is 4.74 Å². The largest absolute Gasteiger partial charge is 0.381 e. The van der Waals surface area contributed by atoms with Crippen molar-refractivity contribution >= 4 is 12.3 Å². The molecule has 0 aromatic heterocycles. The topological polar surface area (TPSA) is 70.7 Å². The van der Waals surface area contributed by atoms with Gasteiger partial charge in [0, 0.05) is 32.8 Å². The number of amides is 2. The number of halogens is 1. The standard InChI is InChI=1S/C13H21N3O3.C7H7F/c1-16(10-4-7-19-8-5-10)13(18)11-3-2-6-14-12(11)15-9-17;1-6-2-4-7(8)5-3-6/h9-10,14H,2-8H2,1H3,(H,15,17);2-5H,1H3. The zero-order valence-electron chi connectivity index (χ0n) is 16.0. The smallest absolute Gasteiger partial charge is 0.253 e. The lowest BCUT2D eigenvalue weighted by Gasteiger charge is -2.33. The second-order valence-electron chi connectivity index (χ2n) is 6.70. The summed E-state index contributed by atoms with van der Waals surface area (Å²) in [4.78, 5) is 24.9. The van der Waals surface area contributed by atoms with E-state index in [9.17, 15) is 14.0 Å². The molecule has 27 heavy (non-hydrogen) atoms. The molecule has 0 atom stereocenters. The summed E-state index contributed by atoms with van der Waals surface area (Å²) >= 11 is 0. The highest BCUT2D eigenvalue weighted by atomic mass is 19.1. The van der Waals surface area contributed by atoms with Gasteiger partial charge in [0.05, 0.1) is 5.57 Å². The minimum absolute atomic E-state index is 0.00319. The zero-order chi connectivity index (χ0) is 19.6. The molecule has 0 radical (unpaired) electrons. The molecule has 2 aliphatic rings. The normalized spacial score (nSPS) is 17.3. The number of aryl methyl sites for hydroxylation is 1. The van der Waals surface area contributed by atoms with Crippen molar-refractivity contribution in [2.45, 2.75) is 38.6 Å². The third-order valence-corrected chi connectivity index (χ3v) is 4.74. The van der Waals surface area contributed by atoms with Gasteiger partial charge in [-0.15, -0.1) is 0 Å². The molecule has 0 saturated carbocycles. The number of rotatable bonds is 4. The summed E-state index contributed by atoms with van der Waals surface area (Å²) in [5, 5.41) is 5.66. The molecule has 1 aromatic carbocycles. The van der Waals surface area contributed by atoms with Crippen LogP contribution in [0, 0.1) is 12.7 Å². The number of hydrogen-bond donors (Lipinski definition) is 2. The Kier molecular flexibility index (Phi) is 8.26. The average molecular weight is 377 g/mol. The lowest BCUT2D eigenvalue weighted by atomic mass is 10.0. The highest BCUT2D eigenvalue weighted by Gasteiger charge is 2.27. The number of benzene rings is 1. The predicted octanol–water partition coefficient (Wildman–Crippen LogP) is 2.10. The van der Waals surface area contributed by atoms with Crippen LogP contribution in [0.3, 0.4) is 0 Å². The van der Waals surface area contributed by atoms with Gasteiger partial charge in [0.15, 0.2) is 0 Å². The molecule has 0 spiro atoms. The lowest BCUT2D eigenvalue weighted by molar-refractivity contribution is -0.129. The van der Waals surface area contributed by atoms with E-state index in [0.717, 1.165) is 31.4 Å². The maximum atomic E-state index is 12.5.